The fraction of sp³-hybridized carbons (Fsp3) is 0.286. The number of carbonyl (C=O) groups excluding carboxylic acids is 1. The summed E-state index contributed by atoms with van der Waals surface area (Å²) in [6, 6.07) is 9.99. The Hall–Kier alpha value is -2.80. The van der Waals surface area contributed by atoms with Crippen LogP contribution in [0.3, 0.4) is 0 Å². The van der Waals surface area contributed by atoms with Crippen LogP contribution >= 0.6 is 11.8 Å². The molecular formula is C21H22N4O2S. The summed E-state index contributed by atoms with van der Waals surface area (Å²) in [5, 5.41) is 12.4. The van der Waals surface area contributed by atoms with Gasteiger partial charge in [-0.3, -0.25) is 9.20 Å². The summed E-state index contributed by atoms with van der Waals surface area (Å²) in [5.74, 6) is 1.92. The van der Waals surface area contributed by atoms with E-state index in [4.69, 9.17) is 4.42 Å². The summed E-state index contributed by atoms with van der Waals surface area (Å²) < 4.78 is 7.84. The topological polar surface area (TPSA) is 72.4 Å². The number of hydrogen-bond donors (Lipinski definition) is 1. The zero-order valence-electron chi connectivity index (χ0n) is 16.4. The highest BCUT2D eigenvalue weighted by molar-refractivity contribution is 8.00. The molecule has 7 heteroatoms. The molecule has 144 valence electrons. The number of furan rings is 1. The Morgan fingerprint density at radius 3 is 2.54 bits per heavy atom. The van der Waals surface area contributed by atoms with Crippen LogP contribution < -0.4 is 5.32 Å². The van der Waals surface area contributed by atoms with Crippen molar-refractivity contribution in [2.45, 2.75) is 39.1 Å². The number of carbonyl (C=O) groups is 1. The van der Waals surface area contributed by atoms with Crippen LogP contribution in [0, 0.1) is 20.8 Å². The molecule has 3 heterocycles. The van der Waals surface area contributed by atoms with Crippen molar-refractivity contribution in [3.63, 3.8) is 0 Å². The normalized spacial score (nSPS) is 11.4. The van der Waals surface area contributed by atoms with E-state index < -0.39 is 0 Å². The minimum absolute atomic E-state index is 0.0689. The van der Waals surface area contributed by atoms with E-state index in [9.17, 15) is 4.79 Å². The van der Waals surface area contributed by atoms with Gasteiger partial charge in [0.1, 0.15) is 16.6 Å². The lowest BCUT2D eigenvalue weighted by molar-refractivity contribution is -0.113. The number of benzene rings is 1. The summed E-state index contributed by atoms with van der Waals surface area (Å²) >= 11 is 1.38. The molecule has 0 radical (unpaired) electrons. The van der Waals surface area contributed by atoms with Gasteiger partial charge in [0.15, 0.2) is 5.58 Å². The molecule has 0 saturated heterocycles. The SMILES string of the molecule is CCc1nnc(SCC(=O)Nc2cc(C)cc(C)c2)c2cc3oc(C)cc3n12. The van der Waals surface area contributed by atoms with Gasteiger partial charge >= 0.3 is 0 Å². The predicted octanol–water partition coefficient (Wildman–Crippen LogP) is 4.69. The lowest BCUT2D eigenvalue weighted by Crippen LogP contribution is -2.14. The van der Waals surface area contributed by atoms with Gasteiger partial charge in [0.25, 0.3) is 0 Å². The standard InChI is InChI=1S/C21H22N4O2S/c1-5-19-23-24-21(17-10-18-16(25(17)19)9-14(4)27-18)28-11-20(26)22-15-7-12(2)6-13(3)8-15/h6-10H,5,11H2,1-4H3,(H,22,26). The van der Waals surface area contributed by atoms with Crippen molar-refractivity contribution in [1.82, 2.24) is 14.6 Å². The maximum atomic E-state index is 12.4. The van der Waals surface area contributed by atoms with Crippen molar-refractivity contribution < 1.29 is 9.21 Å². The van der Waals surface area contributed by atoms with Gasteiger partial charge in [0.05, 0.1) is 16.8 Å². The Morgan fingerprint density at radius 2 is 1.82 bits per heavy atom. The van der Waals surface area contributed by atoms with Gasteiger partial charge in [-0.2, -0.15) is 0 Å². The quantitative estimate of drug-likeness (QED) is 0.497. The van der Waals surface area contributed by atoms with Crippen LogP contribution in [0.25, 0.3) is 16.6 Å². The molecule has 0 aliphatic carbocycles. The van der Waals surface area contributed by atoms with Gasteiger partial charge in [-0.25, -0.2) is 0 Å². The number of hydrogen-bond acceptors (Lipinski definition) is 5. The summed E-state index contributed by atoms with van der Waals surface area (Å²) in [7, 11) is 0. The van der Waals surface area contributed by atoms with E-state index in [1.54, 1.807) is 0 Å². The lowest BCUT2D eigenvalue weighted by Gasteiger charge is -2.09. The van der Waals surface area contributed by atoms with Crippen molar-refractivity contribution in [2.24, 2.45) is 0 Å². The number of aromatic nitrogens is 3. The summed E-state index contributed by atoms with van der Waals surface area (Å²) in [5.41, 5.74) is 5.78. The van der Waals surface area contributed by atoms with Crippen molar-refractivity contribution in [1.29, 1.82) is 0 Å². The number of aryl methyl sites for hydroxylation is 4. The fourth-order valence-electron chi connectivity index (χ4n) is 3.46. The zero-order chi connectivity index (χ0) is 19.8. The largest absolute Gasteiger partial charge is 0.460 e. The van der Waals surface area contributed by atoms with Gasteiger partial charge in [-0.1, -0.05) is 24.8 Å². The number of rotatable bonds is 5. The summed E-state index contributed by atoms with van der Waals surface area (Å²) in [6.45, 7) is 8.01. The highest BCUT2D eigenvalue weighted by Crippen LogP contribution is 2.30. The first-order chi connectivity index (χ1) is 13.4. The minimum atomic E-state index is -0.0689. The van der Waals surface area contributed by atoms with Gasteiger partial charge in [-0.05, 0) is 44.0 Å². The molecule has 3 aromatic heterocycles. The second-order valence-electron chi connectivity index (χ2n) is 6.96. The maximum absolute atomic E-state index is 12.4. The van der Waals surface area contributed by atoms with Gasteiger partial charge in [-0.15, -0.1) is 10.2 Å². The van der Waals surface area contributed by atoms with Gasteiger partial charge in [0.2, 0.25) is 5.91 Å². The monoisotopic (exact) mass is 394 g/mol. The Morgan fingerprint density at radius 1 is 1.07 bits per heavy atom. The van der Waals surface area contributed by atoms with Crippen LogP contribution in [-0.4, -0.2) is 26.3 Å². The van der Waals surface area contributed by atoms with Crippen molar-refractivity contribution in [3.05, 3.63) is 53.0 Å². The number of thioether (sulfide) groups is 1. The zero-order valence-corrected chi connectivity index (χ0v) is 17.2. The second-order valence-corrected chi connectivity index (χ2v) is 7.92. The molecule has 0 bridgehead atoms. The third-order valence-electron chi connectivity index (χ3n) is 4.51. The smallest absolute Gasteiger partial charge is 0.234 e. The van der Waals surface area contributed by atoms with Crippen LogP contribution in [0.5, 0.6) is 0 Å². The van der Waals surface area contributed by atoms with Crippen molar-refractivity contribution in [3.8, 4) is 0 Å². The minimum Gasteiger partial charge on any atom is -0.460 e. The lowest BCUT2D eigenvalue weighted by atomic mass is 10.1. The Bertz CT molecular complexity index is 1170. The van der Waals surface area contributed by atoms with Crippen LogP contribution in [0.15, 0.2) is 39.8 Å². The molecule has 6 nitrogen and oxygen atoms in total. The average molecular weight is 395 g/mol. The van der Waals surface area contributed by atoms with Crippen LogP contribution in [0.1, 0.15) is 29.6 Å². The third-order valence-corrected chi connectivity index (χ3v) is 5.48. The maximum Gasteiger partial charge on any atom is 0.234 e. The van der Waals surface area contributed by atoms with Crippen molar-refractivity contribution >= 4 is 40.0 Å². The fourth-order valence-corrected chi connectivity index (χ4v) is 4.20. The molecular weight excluding hydrogens is 372 g/mol. The summed E-state index contributed by atoms with van der Waals surface area (Å²) in [4.78, 5) is 12.4. The second kappa shape index (κ2) is 7.31. The number of fused-ring (bicyclic) bond motifs is 3. The van der Waals surface area contributed by atoms with E-state index in [0.717, 1.165) is 56.5 Å². The molecule has 1 aromatic carbocycles. The van der Waals surface area contributed by atoms with Gasteiger partial charge in [0, 0.05) is 24.2 Å². The third kappa shape index (κ3) is 3.49. The molecule has 0 aliphatic heterocycles. The molecule has 0 atom stereocenters. The number of nitrogens with one attached hydrogen (secondary N) is 1. The van der Waals surface area contributed by atoms with E-state index >= 15 is 0 Å². The molecule has 28 heavy (non-hydrogen) atoms. The Labute approximate surface area is 167 Å². The highest BCUT2D eigenvalue weighted by atomic mass is 32.2. The molecule has 4 rings (SSSR count). The average Bonchev–Trinajstić information content (AvgIpc) is 3.15. The van der Waals surface area contributed by atoms with Crippen molar-refractivity contribution in [2.75, 3.05) is 11.1 Å². The molecule has 0 spiro atoms. The molecule has 1 amide bonds. The number of anilines is 1. The summed E-state index contributed by atoms with van der Waals surface area (Å²) in [6.07, 6.45) is 0.760. The van der Waals surface area contributed by atoms with E-state index in [-0.39, 0.29) is 11.7 Å². The van der Waals surface area contributed by atoms with E-state index in [0.29, 0.717) is 0 Å². The first-order valence-corrected chi connectivity index (χ1v) is 10.2. The van der Waals surface area contributed by atoms with E-state index in [2.05, 4.69) is 26.0 Å². The van der Waals surface area contributed by atoms with E-state index in [1.165, 1.54) is 11.8 Å². The highest BCUT2D eigenvalue weighted by Gasteiger charge is 2.16. The van der Waals surface area contributed by atoms with Crippen LogP contribution in [-0.2, 0) is 11.2 Å². The molecule has 0 fully saturated rings. The first-order valence-electron chi connectivity index (χ1n) is 9.22. The Balaban J connectivity index is 1.58. The number of nitrogens with zero attached hydrogens (tertiary/aromatic N) is 3. The van der Waals surface area contributed by atoms with Crippen LogP contribution in [0.2, 0.25) is 0 Å². The van der Waals surface area contributed by atoms with E-state index in [1.807, 2.05) is 52.0 Å². The molecule has 0 aliphatic rings. The number of amides is 1. The van der Waals surface area contributed by atoms with Gasteiger partial charge < -0.3 is 9.73 Å². The molecule has 0 saturated carbocycles. The first kappa shape index (κ1) is 18.6. The Kier molecular flexibility index (Phi) is 4.85. The molecule has 0 unspecified atom stereocenters. The van der Waals surface area contributed by atoms with Crippen LogP contribution in [0.4, 0.5) is 5.69 Å². The molecule has 4 aromatic rings. The predicted molar refractivity (Wildman–Crippen MR) is 112 cm³/mol. The molecule has 1 N–H and O–H groups in total.